The highest BCUT2D eigenvalue weighted by Gasteiger charge is 2.23. The van der Waals surface area contributed by atoms with Crippen molar-refractivity contribution in [1.82, 2.24) is 23.1 Å². The molecule has 0 fully saturated rings. The molecule has 0 spiro atoms. The minimum Gasteiger partial charge on any atom is -0.506 e. The van der Waals surface area contributed by atoms with Crippen LogP contribution >= 0.6 is 0 Å². The maximum atomic E-state index is 12.8. The average Bonchev–Trinajstić information content (AvgIpc) is 3.40. The second-order valence-electron chi connectivity index (χ2n) is 6.48. The van der Waals surface area contributed by atoms with Crippen molar-refractivity contribution >= 4 is 16.9 Å². The first-order valence-corrected chi connectivity index (χ1v) is 8.51. The van der Waals surface area contributed by atoms with E-state index in [1.165, 1.54) is 11.6 Å². The van der Waals surface area contributed by atoms with E-state index < -0.39 is 11.2 Å². The van der Waals surface area contributed by atoms with Gasteiger partial charge < -0.3 is 9.52 Å². The summed E-state index contributed by atoms with van der Waals surface area (Å²) >= 11 is 0. The molecule has 140 valence electrons. The standard InChI is InChI=1S/C19H15N5O4/c1-21-16-15(17(26)22(2)19(21)27)23-10-12(14-8-5-9-28-14)24(18(23)20-16)11-6-3-4-7-13(11)25/h3-10,25H,1-2H3. The second kappa shape index (κ2) is 5.49. The lowest BCUT2D eigenvalue weighted by molar-refractivity contribution is 0.472. The number of phenolic OH excluding ortho intramolecular Hbond substituents is 1. The van der Waals surface area contributed by atoms with Gasteiger partial charge in [0.05, 0.1) is 12.0 Å². The van der Waals surface area contributed by atoms with Gasteiger partial charge in [-0.1, -0.05) is 12.1 Å². The van der Waals surface area contributed by atoms with Crippen LogP contribution in [0.1, 0.15) is 0 Å². The molecule has 1 N–H and O–H groups in total. The summed E-state index contributed by atoms with van der Waals surface area (Å²) in [5.41, 5.74) is 0.692. The smallest absolute Gasteiger partial charge is 0.332 e. The maximum Gasteiger partial charge on any atom is 0.332 e. The van der Waals surface area contributed by atoms with Crippen molar-refractivity contribution < 1.29 is 9.52 Å². The maximum absolute atomic E-state index is 12.8. The molecular formula is C19H15N5O4. The van der Waals surface area contributed by atoms with Crippen molar-refractivity contribution in [2.75, 3.05) is 0 Å². The van der Waals surface area contributed by atoms with Gasteiger partial charge in [-0.3, -0.25) is 22.9 Å². The van der Waals surface area contributed by atoms with E-state index in [4.69, 9.17) is 4.42 Å². The van der Waals surface area contributed by atoms with Gasteiger partial charge in [0, 0.05) is 20.3 Å². The third kappa shape index (κ3) is 1.98. The normalized spacial score (nSPS) is 11.6. The highest BCUT2D eigenvalue weighted by molar-refractivity contribution is 5.79. The van der Waals surface area contributed by atoms with Crippen LogP contribution in [0.3, 0.4) is 0 Å². The first-order chi connectivity index (χ1) is 13.5. The van der Waals surface area contributed by atoms with Gasteiger partial charge in [0.25, 0.3) is 5.56 Å². The van der Waals surface area contributed by atoms with Crippen LogP contribution in [0.25, 0.3) is 34.1 Å². The number of para-hydroxylation sites is 2. The highest BCUT2D eigenvalue weighted by atomic mass is 16.3. The summed E-state index contributed by atoms with van der Waals surface area (Å²) in [6.45, 7) is 0. The third-order valence-electron chi connectivity index (χ3n) is 4.86. The zero-order chi connectivity index (χ0) is 19.6. The molecule has 0 unspecified atom stereocenters. The molecule has 0 bridgehead atoms. The Bertz CT molecular complexity index is 1480. The lowest BCUT2D eigenvalue weighted by atomic mass is 10.2. The molecule has 0 aliphatic rings. The molecular weight excluding hydrogens is 362 g/mol. The number of aromatic nitrogens is 5. The number of imidazole rings is 2. The van der Waals surface area contributed by atoms with Crippen LogP contribution in [0.2, 0.25) is 0 Å². The van der Waals surface area contributed by atoms with Crippen LogP contribution in [0, 0.1) is 0 Å². The molecule has 4 aromatic heterocycles. The van der Waals surface area contributed by atoms with Crippen LogP contribution in [-0.4, -0.2) is 28.2 Å². The fraction of sp³-hybridized carbons (Fsp3) is 0.105. The van der Waals surface area contributed by atoms with E-state index in [0.717, 1.165) is 4.57 Å². The predicted octanol–water partition coefficient (Wildman–Crippen LogP) is 1.64. The quantitative estimate of drug-likeness (QED) is 0.504. The Labute approximate surface area is 156 Å². The van der Waals surface area contributed by atoms with Gasteiger partial charge in [-0.05, 0) is 24.3 Å². The van der Waals surface area contributed by atoms with Crippen LogP contribution in [-0.2, 0) is 14.1 Å². The predicted molar refractivity (Wildman–Crippen MR) is 102 cm³/mol. The van der Waals surface area contributed by atoms with E-state index in [0.29, 0.717) is 22.9 Å². The Hall–Kier alpha value is -4.01. The van der Waals surface area contributed by atoms with Crippen molar-refractivity contribution in [2.24, 2.45) is 14.1 Å². The molecule has 9 heteroatoms. The molecule has 4 heterocycles. The summed E-state index contributed by atoms with van der Waals surface area (Å²) in [7, 11) is 2.99. The van der Waals surface area contributed by atoms with E-state index in [2.05, 4.69) is 4.98 Å². The van der Waals surface area contributed by atoms with Crippen LogP contribution < -0.4 is 11.2 Å². The molecule has 0 amide bonds. The van der Waals surface area contributed by atoms with Crippen LogP contribution in [0.15, 0.2) is 62.9 Å². The fourth-order valence-corrected chi connectivity index (χ4v) is 3.46. The van der Waals surface area contributed by atoms with Crippen LogP contribution in [0.5, 0.6) is 5.75 Å². The summed E-state index contributed by atoms with van der Waals surface area (Å²) in [6, 6.07) is 10.3. The number of hydrogen-bond donors (Lipinski definition) is 1. The zero-order valence-electron chi connectivity index (χ0n) is 15.0. The summed E-state index contributed by atoms with van der Waals surface area (Å²) < 4.78 is 11.2. The lowest BCUT2D eigenvalue weighted by Crippen LogP contribution is -2.37. The second-order valence-corrected chi connectivity index (χ2v) is 6.48. The molecule has 0 aliphatic heterocycles. The van der Waals surface area contributed by atoms with Crippen molar-refractivity contribution in [2.45, 2.75) is 0 Å². The van der Waals surface area contributed by atoms with E-state index in [9.17, 15) is 14.7 Å². The number of nitrogens with zero attached hydrogens (tertiary/aromatic N) is 5. The highest BCUT2D eigenvalue weighted by Crippen LogP contribution is 2.32. The SMILES string of the molecule is Cn1c(=O)c2c(nc3n(-c4ccccc4O)c(-c4ccco4)cn23)n(C)c1=O. The monoisotopic (exact) mass is 377 g/mol. The molecule has 28 heavy (non-hydrogen) atoms. The molecule has 0 aliphatic carbocycles. The van der Waals surface area contributed by atoms with E-state index in [1.807, 2.05) is 0 Å². The number of aryl methyl sites for hydroxylation is 1. The molecule has 5 rings (SSSR count). The Kier molecular flexibility index (Phi) is 3.17. The number of rotatable bonds is 2. The molecule has 0 atom stereocenters. The first kappa shape index (κ1) is 16.2. The minimum absolute atomic E-state index is 0.0438. The van der Waals surface area contributed by atoms with E-state index >= 15 is 0 Å². The number of furan rings is 1. The Morgan fingerprint density at radius 1 is 1.04 bits per heavy atom. The van der Waals surface area contributed by atoms with Gasteiger partial charge in [-0.25, -0.2) is 4.79 Å². The number of phenols is 1. The fourth-order valence-electron chi connectivity index (χ4n) is 3.46. The lowest BCUT2D eigenvalue weighted by Gasteiger charge is -2.09. The largest absolute Gasteiger partial charge is 0.506 e. The minimum atomic E-state index is -0.460. The first-order valence-electron chi connectivity index (χ1n) is 8.51. The molecule has 9 nitrogen and oxygen atoms in total. The van der Waals surface area contributed by atoms with Gasteiger partial charge in [0.2, 0.25) is 5.78 Å². The zero-order valence-corrected chi connectivity index (χ0v) is 15.0. The van der Waals surface area contributed by atoms with Crippen LogP contribution in [0.4, 0.5) is 0 Å². The number of fused-ring (bicyclic) bond motifs is 3. The molecule has 5 aromatic rings. The Morgan fingerprint density at radius 2 is 1.82 bits per heavy atom. The number of benzene rings is 1. The van der Waals surface area contributed by atoms with E-state index in [-0.39, 0.29) is 16.9 Å². The van der Waals surface area contributed by atoms with Crippen molar-refractivity contribution in [1.29, 1.82) is 0 Å². The van der Waals surface area contributed by atoms with Crippen molar-refractivity contribution in [3.8, 4) is 22.9 Å². The van der Waals surface area contributed by atoms with Gasteiger partial charge in [-0.2, -0.15) is 4.98 Å². The summed E-state index contributed by atoms with van der Waals surface area (Å²) in [5.74, 6) is 0.965. The van der Waals surface area contributed by atoms with Crippen molar-refractivity contribution in [3.05, 3.63) is 69.7 Å². The van der Waals surface area contributed by atoms with E-state index in [1.54, 1.807) is 64.9 Å². The summed E-state index contributed by atoms with van der Waals surface area (Å²) in [6.07, 6.45) is 3.25. The third-order valence-corrected chi connectivity index (χ3v) is 4.86. The molecule has 0 saturated carbocycles. The topological polar surface area (TPSA) is 99.6 Å². The van der Waals surface area contributed by atoms with Gasteiger partial charge in [0.15, 0.2) is 16.9 Å². The molecule has 0 saturated heterocycles. The van der Waals surface area contributed by atoms with Gasteiger partial charge in [-0.15, -0.1) is 0 Å². The molecule has 0 radical (unpaired) electrons. The average molecular weight is 377 g/mol. The van der Waals surface area contributed by atoms with Crippen molar-refractivity contribution in [3.63, 3.8) is 0 Å². The molecule has 1 aromatic carbocycles. The Balaban J connectivity index is 2.02. The van der Waals surface area contributed by atoms with Gasteiger partial charge in [0.1, 0.15) is 11.4 Å². The van der Waals surface area contributed by atoms with Gasteiger partial charge >= 0.3 is 5.69 Å². The number of aromatic hydroxyl groups is 1. The Morgan fingerprint density at radius 3 is 2.54 bits per heavy atom. The number of hydrogen-bond acceptors (Lipinski definition) is 5. The summed E-state index contributed by atoms with van der Waals surface area (Å²) in [5, 5.41) is 10.4. The summed E-state index contributed by atoms with van der Waals surface area (Å²) in [4.78, 5) is 29.6.